The quantitative estimate of drug-likeness (QED) is 0.552. The van der Waals surface area contributed by atoms with E-state index in [4.69, 9.17) is 0 Å². The molecule has 0 heterocycles. The van der Waals surface area contributed by atoms with Crippen molar-refractivity contribution < 1.29 is 17.6 Å². The minimum atomic E-state index is -4.40. The van der Waals surface area contributed by atoms with Gasteiger partial charge in [0.2, 0.25) is 0 Å². The SMILES string of the molecule is Cc1cc(C(F)(F)F)cc(C)c1F. The van der Waals surface area contributed by atoms with Crippen molar-refractivity contribution in [3.05, 3.63) is 34.6 Å². The van der Waals surface area contributed by atoms with Crippen LogP contribution >= 0.6 is 0 Å². The first kappa shape index (κ1) is 10.0. The summed E-state index contributed by atoms with van der Waals surface area (Å²) < 4.78 is 49.4. The molecule has 0 radical (unpaired) electrons. The first-order valence-corrected chi connectivity index (χ1v) is 3.66. The minimum Gasteiger partial charge on any atom is -0.206 e. The third-order valence-electron chi connectivity index (χ3n) is 1.76. The second-order valence-electron chi connectivity index (χ2n) is 2.92. The normalized spacial score (nSPS) is 11.8. The minimum absolute atomic E-state index is 0.0207. The lowest BCUT2D eigenvalue weighted by Crippen LogP contribution is -2.06. The predicted molar refractivity (Wildman–Crippen MR) is 40.9 cm³/mol. The zero-order chi connectivity index (χ0) is 10.2. The van der Waals surface area contributed by atoms with E-state index in [2.05, 4.69) is 0 Å². The fourth-order valence-corrected chi connectivity index (χ4v) is 1.11. The topological polar surface area (TPSA) is 0 Å². The van der Waals surface area contributed by atoms with E-state index in [0.29, 0.717) is 0 Å². The molecule has 0 unspecified atom stereocenters. The van der Waals surface area contributed by atoms with Crippen molar-refractivity contribution in [2.45, 2.75) is 20.0 Å². The molecule has 0 fully saturated rings. The lowest BCUT2D eigenvalue weighted by Gasteiger charge is -2.09. The number of halogens is 4. The highest BCUT2D eigenvalue weighted by Crippen LogP contribution is 2.31. The first-order valence-electron chi connectivity index (χ1n) is 3.66. The van der Waals surface area contributed by atoms with Crippen LogP contribution in [0.3, 0.4) is 0 Å². The maximum Gasteiger partial charge on any atom is 0.416 e. The summed E-state index contributed by atoms with van der Waals surface area (Å²) in [5.74, 6) is -0.576. The lowest BCUT2D eigenvalue weighted by molar-refractivity contribution is -0.137. The summed E-state index contributed by atoms with van der Waals surface area (Å²) in [6.07, 6.45) is -4.40. The molecule has 72 valence electrons. The van der Waals surface area contributed by atoms with E-state index < -0.39 is 17.6 Å². The Morgan fingerprint density at radius 2 is 1.38 bits per heavy atom. The van der Waals surface area contributed by atoms with E-state index in [1.165, 1.54) is 13.8 Å². The number of hydrogen-bond donors (Lipinski definition) is 0. The van der Waals surface area contributed by atoms with E-state index in [1.807, 2.05) is 0 Å². The van der Waals surface area contributed by atoms with Crippen LogP contribution in [-0.2, 0) is 6.18 Å². The first-order chi connectivity index (χ1) is 5.82. The zero-order valence-electron chi connectivity index (χ0n) is 7.17. The van der Waals surface area contributed by atoms with E-state index in [0.717, 1.165) is 12.1 Å². The summed E-state index contributed by atoms with van der Waals surface area (Å²) >= 11 is 0. The largest absolute Gasteiger partial charge is 0.416 e. The van der Waals surface area contributed by atoms with Crippen LogP contribution in [0, 0.1) is 19.7 Å². The fraction of sp³-hybridized carbons (Fsp3) is 0.333. The Balaban J connectivity index is 3.29. The molecule has 1 aromatic rings. The molecule has 1 rings (SSSR count). The third-order valence-corrected chi connectivity index (χ3v) is 1.76. The summed E-state index contributed by atoms with van der Waals surface area (Å²) in [6, 6.07) is 1.62. The Morgan fingerprint density at radius 1 is 1.00 bits per heavy atom. The van der Waals surface area contributed by atoms with Crippen LogP contribution in [0.25, 0.3) is 0 Å². The van der Waals surface area contributed by atoms with Crippen LogP contribution in [0.5, 0.6) is 0 Å². The Kier molecular flexibility index (Phi) is 2.32. The van der Waals surface area contributed by atoms with Gasteiger partial charge in [-0.2, -0.15) is 13.2 Å². The van der Waals surface area contributed by atoms with Gasteiger partial charge < -0.3 is 0 Å². The summed E-state index contributed by atoms with van der Waals surface area (Å²) in [5, 5.41) is 0. The molecular weight excluding hydrogens is 184 g/mol. The molecule has 0 atom stereocenters. The van der Waals surface area contributed by atoms with Crippen molar-refractivity contribution in [1.82, 2.24) is 0 Å². The Labute approximate surface area is 73.2 Å². The monoisotopic (exact) mass is 192 g/mol. The maximum absolute atomic E-state index is 12.9. The standard InChI is InChI=1S/C9H8F4/c1-5-3-7(9(11,12)13)4-6(2)8(5)10/h3-4H,1-2H3. The van der Waals surface area contributed by atoms with E-state index >= 15 is 0 Å². The molecule has 0 saturated heterocycles. The number of alkyl halides is 3. The number of benzene rings is 1. The maximum atomic E-state index is 12.9. The van der Waals surface area contributed by atoms with Crippen LogP contribution in [-0.4, -0.2) is 0 Å². The van der Waals surface area contributed by atoms with Crippen molar-refractivity contribution in [3.8, 4) is 0 Å². The molecule has 4 heteroatoms. The molecule has 13 heavy (non-hydrogen) atoms. The molecular formula is C9H8F4. The molecule has 1 aromatic carbocycles. The van der Waals surface area contributed by atoms with Gasteiger partial charge in [-0.1, -0.05) is 0 Å². The van der Waals surface area contributed by atoms with Crippen molar-refractivity contribution in [2.75, 3.05) is 0 Å². The molecule has 0 N–H and O–H groups in total. The summed E-state index contributed by atoms with van der Waals surface area (Å²) in [4.78, 5) is 0. The average molecular weight is 192 g/mol. The summed E-state index contributed by atoms with van der Waals surface area (Å²) in [6.45, 7) is 2.63. The fourth-order valence-electron chi connectivity index (χ4n) is 1.11. The lowest BCUT2D eigenvalue weighted by atomic mass is 10.1. The third kappa shape index (κ3) is 1.99. The van der Waals surface area contributed by atoms with Gasteiger partial charge in [-0.05, 0) is 37.1 Å². The predicted octanol–water partition coefficient (Wildman–Crippen LogP) is 3.46. The van der Waals surface area contributed by atoms with Gasteiger partial charge in [-0.3, -0.25) is 0 Å². The zero-order valence-corrected chi connectivity index (χ0v) is 7.17. The Hall–Kier alpha value is -1.06. The Bertz CT molecular complexity index is 302. The molecule has 0 aromatic heterocycles. The average Bonchev–Trinajstić information content (AvgIpc) is 1.97. The highest BCUT2D eigenvalue weighted by Gasteiger charge is 2.31. The molecule has 0 saturated carbocycles. The van der Waals surface area contributed by atoms with Gasteiger partial charge in [0.15, 0.2) is 0 Å². The molecule has 0 bridgehead atoms. The number of aryl methyl sites for hydroxylation is 2. The highest BCUT2D eigenvalue weighted by atomic mass is 19.4. The van der Waals surface area contributed by atoms with Gasteiger partial charge >= 0.3 is 6.18 Å². The second kappa shape index (κ2) is 3.01. The molecule has 0 nitrogen and oxygen atoms in total. The van der Waals surface area contributed by atoms with E-state index in [9.17, 15) is 17.6 Å². The van der Waals surface area contributed by atoms with Gasteiger partial charge in [0, 0.05) is 0 Å². The van der Waals surface area contributed by atoms with Gasteiger partial charge in [-0.25, -0.2) is 4.39 Å². The Morgan fingerprint density at radius 3 is 1.69 bits per heavy atom. The van der Waals surface area contributed by atoms with Crippen LogP contribution < -0.4 is 0 Å². The second-order valence-corrected chi connectivity index (χ2v) is 2.92. The van der Waals surface area contributed by atoms with Crippen molar-refractivity contribution in [3.63, 3.8) is 0 Å². The smallest absolute Gasteiger partial charge is 0.206 e. The summed E-state index contributed by atoms with van der Waals surface area (Å²) in [5.41, 5.74) is -0.761. The van der Waals surface area contributed by atoms with Crippen molar-refractivity contribution in [1.29, 1.82) is 0 Å². The van der Waals surface area contributed by atoms with E-state index in [-0.39, 0.29) is 11.1 Å². The van der Waals surface area contributed by atoms with Crippen LogP contribution in [0.15, 0.2) is 12.1 Å². The van der Waals surface area contributed by atoms with Gasteiger partial charge in [0.05, 0.1) is 5.56 Å². The summed E-state index contributed by atoms with van der Waals surface area (Å²) in [7, 11) is 0. The molecule has 0 aliphatic carbocycles. The van der Waals surface area contributed by atoms with Crippen molar-refractivity contribution in [2.24, 2.45) is 0 Å². The van der Waals surface area contributed by atoms with Crippen LogP contribution in [0.1, 0.15) is 16.7 Å². The van der Waals surface area contributed by atoms with Crippen LogP contribution in [0.2, 0.25) is 0 Å². The van der Waals surface area contributed by atoms with Gasteiger partial charge in [0.25, 0.3) is 0 Å². The molecule has 0 aliphatic rings. The van der Waals surface area contributed by atoms with Gasteiger partial charge in [-0.15, -0.1) is 0 Å². The van der Waals surface area contributed by atoms with Crippen molar-refractivity contribution >= 4 is 0 Å². The van der Waals surface area contributed by atoms with Gasteiger partial charge in [0.1, 0.15) is 5.82 Å². The number of rotatable bonds is 0. The highest BCUT2D eigenvalue weighted by molar-refractivity contribution is 5.31. The number of hydrogen-bond acceptors (Lipinski definition) is 0. The van der Waals surface area contributed by atoms with Crippen LogP contribution in [0.4, 0.5) is 17.6 Å². The molecule has 0 aliphatic heterocycles. The molecule has 0 amide bonds. The molecule has 0 spiro atoms. The van der Waals surface area contributed by atoms with E-state index in [1.54, 1.807) is 0 Å².